The van der Waals surface area contributed by atoms with Crippen molar-refractivity contribution in [2.75, 3.05) is 5.32 Å². The van der Waals surface area contributed by atoms with Gasteiger partial charge in [0.25, 0.3) is 11.1 Å². The number of aromatic nitrogens is 3. The zero-order chi connectivity index (χ0) is 16.4. The molecule has 7 nitrogen and oxygen atoms in total. The van der Waals surface area contributed by atoms with Gasteiger partial charge in [0.15, 0.2) is 0 Å². The van der Waals surface area contributed by atoms with E-state index in [0.29, 0.717) is 11.2 Å². The maximum atomic E-state index is 12.3. The van der Waals surface area contributed by atoms with E-state index in [1.807, 2.05) is 6.92 Å². The van der Waals surface area contributed by atoms with E-state index in [-0.39, 0.29) is 11.9 Å². The van der Waals surface area contributed by atoms with Crippen molar-refractivity contribution in [1.82, 2.24) is 14.8 Å². The lowest BCUT2D eigenvalue weighted by atomic mass is 10.2. The van der Waals surface area contributed by atoms with E-state index in [1.54, 1.807) is 42.6 Å². The number of aromatic amines is 1. The van der Waals surface area contributed by atoms with E-state index in [1.165, 1.54) is 0 Å². The van der Waals surface area contributed by atoms with Crippen LogP contribution in [0.2, 0.25) is 0 Å². The molecule has 0 unspecified atom stereocenters. The third-order valence-corrected chi connectivity index (χ3v) is 3.37. The van der Waals surface area contributed by atoms with E-state index in [2.05, 4.69) is 15.4 Å². The lowest BCUT2D eigenvalue weighted by Gasteiger charge is -2.08. The molecule has 0 spiro atoms. The quantitative estimate of drug-likeness (QED) is 0.755. The van der Waals surface area contributed by atoms with Crippen LogP contribution in [0.3, 0.4) is 0 Å². The van der Waals surface area contributed by atoms with Crippen molar-refractivity contribution >= 4 is 22.5 Å². The number of carbonyl (C=O) groups excluding carboxylic acids is 1. The number of rotatable bonds is 3. The average Bonchev–Trinajstić information content (AvgIpc) is 2.52. The molecule has 2 N–H and O–H groups in total. The second kappa shape index (κ2) is 5.88. The molecule has 0 radical (unpaired) electrons. The maximum Gasteiger partial charge on any atom is 0.273 e. The van der Waals surface area contributed by atoms with Gasteiger partial charge in [0, 0.05) is 6.20 Å². The fourth-order valence-electron chi connectivity index (χ4n) is 2.29. The lowest BCUT2D eigenvalue weighted by Crippen LogP contribution is -2.34. The van der Waals surface area contributed by atoms with Gasteiger partial charge in [-0.2, -0.15) is 0 Å². The van der Waals surface area contributed by atoms with Gasteiger partial charge < -0.3 is 5.32 Å². The first-order valence-electron chi connectivity index (χ1n) is 6.99. The van der Waals surface area contributed by atoms with Gasteiger partial charge in [0.1, 0.15) is 12.4 Å². The van der Waals surface area contributed by atoms with Crippen molar-refractivity contribution in [3.8, 4) is 0 Å². The van der Waals surface area contributed by atoms with Crippen LogP contribution in [0.4, 0.5) is 5.82 Å². The van der Waals surface area contributed by atoms with Crippen molar-refractivity contribution in [2.45, 2.75) is 13.5 Å². The molecule has 0 aliphatic heterocycles. The van der Waals surface area contributed by atoms with E-state index in [4.69, 9.17) is 0 Å². The van der Waals surface area contributed by atoms with E-state index in [0.717, 1.165) is 10.2 Å². The number of fused-ring (bicyclic) bond motifs is 1. The molecule has 0 saturated heterocycles. The third kappa shape index (κ3) is 3.03. The number of nitrogens with zero attached hydrogens (tertiary/aromatic N) is 2. The Morgan fingerprint density at radius 1 is 1.22 bits per heavy atom. The minimum atomic E-state index is -0.448. The Kier molecular flexibility index (Phi) is 3.76. The molecule has 1 amide bonds. The molecule has 7 heteroatoms. The molecule has 3 aromatic rings. The highest BCUT2D eigenvalue weighted by Gasteiger charge is 2.10. The van der Waals surface area contributed by atoms with E-state index >= 15 is 0 Å². The third-order valence-electron chi connectivity index (χ3n) is 3.37. The summed E-state index contributed by atoms with van der Waals surface area (Å²) in [7, 11) is 0. The first kappa shape index (κ1) is 14.7. The molecule has 1 aromatic carbocycles. The molecule has 116 valence electrons. The van der Waals surface area contributed by atoms with Gasteiger partial charge in [-0.3, -0.25) is 19.5 Å². The number of anilines is 1. The van der Waals surface area contributed by atoms with Gasteiger partial charge in [0.2, 0.25) is 5.91 Å². The number of benzene rings is 1. The molecule has 0 aliphatic carbocycles. The van der Waals surface area contributed by atoms with Crippen molar-refractivity contribution in [1.29, 1.82) is 0 Å². The number of carbonyl (C=O) groups is 1. The van der Waals surface area contributed by atoms with Crippen molar-refractivity contribution < 1.29 is 4.79 Å². The Morgan fingerprint density at radius 3 is 2.70 bits per heavy atom. The SMILES string of the molecule is Cc1ccnc(NC(=O)Cn2[nH]c(=O)c3ccccc3c2=O)c1. The summed E-state index contributed by atoms with van der Waals surface area (Å²) in [4.78, 5) is 40.4. The number of nitrogens with one attached hydrogen (secondary N) is 2. The molecule has 0 bridgehead atoms. The number of pyridine rings is 1. The molecule has 2 heterocycles. The summed E-state index contributed by atoms with van der Waals surface area (Å²) in [5.74, 6) is -0.0534. The molecule has 0 fully saturated rings. The summed E-state index contributed by atoms with van der Waals surface area (Å²) in [5.41, 5.74) is 0.112. The van der Waals surface area contributed by atoms with Crippen LogP contribution in [0, 0.1) is 6.92 Å². The molecule has 2 aromatic heterocycles. The van der Waals surface area contributed by atoms with E-state index in [9.17, 15) is 14.4 Å². The zero-order valence-electron chi connectivity index (χ0n) is 12.4. The lowest BCUT2D eigenvalue weighted by molar-refractivity contribution is -0.117. The van der Waals surface area contributed by atoms with Crippen LogP contribution in [-0.4, -0.2) is 20.7 Å². The fourth-order valence-corrected chi connectivity index (χ4v) is 2.29. The second-order valence-electron chi connectivity index (χ2n) is 5.14. The minimum absolute atomic E-state index is 0.276. The van der Waals surface area contributed by atoms with Gasteiger partial charge in [-0.1, -0.05) is 12.1 Å². The van der Waals surface area contributed by atoms with Gasteiger partial charge >= 0.3 is 0 Å². The monoisotopic (exact) mass is 310 g/mol. The van der Waals surface area contributed by atoms with Gasteiger partial charge in [0.05, 0.1) is 10.8 Å². The van der Waals surface area contributed by atoms with Crippen LogP contribution in [0.15, 0.2) is 52.2 Å². The van der Waals surface area contributed by atoms with Crippen molar-refractivity contribution in [3.05, 3.63) is 68.9 Å². The van der Waals surface area contributed by atoms with Crippen LogP contribution in [0.1, 0.15) is 5.56 Å². The molecular weight excluding hydrogens is 296 g/mol. The maximum absolute atomic E-state index is 12.3. The number of amides is 1. The Labute approximate surface area is 130 Å². The number of aryl methyl sites for hydroxylation is 1. The molecule has 3 rings (SSSR count). The first-order chi connectivity index (χ1) is 11.0. The highest BCUT2D eigenvalue weighted by molar-refractivity contribution is 5.89. The van der Waals surface area contributed by atoms with Gasteiger partial charge in [-0.05, 0) is 36.8 Å². The summed E-state index contributed by atoms with van der Waals surface area (Å²) < 4.78 is 0.996. The highest BCUT2D eigenvalue weighted by Crippen LogP contribution is 2.05. The average molecular weight is 310 g/mol. The Bertz CT molecular complexity index is 1000. The van der Waals surface area contributed by atoms with Crippen LogP contribution < -0.4 is 16.4 Å². The topological polar surface area (TPSA) is 96.8 Å². The number of H-pyrrole nitrogens is 1. The molecule has 0 aliphatic rings. The van der Waals surface area contributed by atoms with Crippen LogP contribution in [-0.2, 0) is 11.3 Å². The summed E-state index contributed by atoms with van der Waals surface area (Å²) in [6.45, 7) is 1.58. The summed E-state index contributed by atoms with van der Waals surface area (Å²) >= 11 is 0. The smallest absolute Gasteiger partial charge is 0.273 e. The minimum Gasteiger partial charge on any atom is -0.309 e. The highest BCUT2D eigenvalue weighted by atomic mass is 16.2. The Hall–Kier alpha value is -3.22. The first-order valence-corrected chi connectivity index (χ1v) is 6.99. The van der Waals surface area contributed by atoms with Crippen molar-refractivity contribution in [2.24, 2.45) is 0 Å². The molecule has 23 heavy (non-hydrogen) atoms. The predicted octanol–water partition coefficient (Wildman–Crippen LogP) is 1.03. The predicted molar refractivity (Wildman–Crippen MR) is 86.4 cm³/mol. The fraction of sp³-hybridized carbons (Fsp3) is 0.125. The van der Waals surface area contributed by atoms with Crippen LogP contribution in [0.25, 0.3) is 10.8 Å². The standard InChI is InChI=1S/C16H14N4O3/c1-10-6-7-17-13(8-10)18-14(21)9-20-16(23)12-5-3-2-4-11(12)15(22)19-20/h2-8H,9H2,1H3,(H,19,22)(H,17,18,21). The second-order valence-corrected chi connectivity index (χ2v) is 5.14. The van der Waals surface area contributed by atoms with Crippen LogP contribution in [0.5, 0.6) is 0 Å². The Morgan fingerprint density at radius 2 is 1.96 bits per heavy atom. The zero-order valence-corrected chi connectivity index (χ0v) is 12.4. The summed E-state index contributed by atoms with van der Waals surface area (Å²) in [6, 6.07) is 9.99. The van der Waals surface area contributed by atoms with Crippen molar-refractivity contribution in [3.63, 3.8) is 0 Å². The summed E-state index contributed by atoms with van der Waals surface area (Å²) in [5, 5.41) is 5.58. The Balaban J connectivity index is 1.90. The normalized spacial score (nSPS) is 10.7. The van der Waals surface area contributed by atoms with E-state index < -0.39 is 17.0 Å². The molecule has 0 saturated carbocycles. The number of hydrogen-bond donors (Lipinski definition) is 2. The van der Waals surface area contributed by atoms with Gasteiger partial charge in [-0.25, -0.2) is 9.67 Å². The molecule has 0 atom stereocenters. The van der Waals surface area contributed by atoms with Crippen LogP contribution >= 0.6 is 0 Å². The largest absolute Gasteiger partial charge is 0.309 e. The van der Waals surface area contributed by atoms with Gasteiger partial charge in [-0.15, -0.1) is 0 Å². The number of hydrogen-bond acceptors (Lipinski definition) is 4. The molecular formula is C16H14N4O3. The summed E-state index contributed by atoms with van der Waals surface area (Å²) in [6.07, 6.45) is 1.58.